The molecule has 19 heavy (non-hydrogen) atoms. The van der Waals surface area contributed by atoms with Gasteiger partial charge in [0.1, 0.15) is 0 Å². The summed E-state index contributed by atoms with van der Waals surface area (Å²) in [7, 11) is 0. The molecule has 0 radical (unpaired) electrons. The van der Waals surface area contributed by atoms with Gasteiger partial charge in [0.15, 0.2) is 0 Å². The van der Waals surface area contributed by atoms with E-state index in [-0.39, 0.29) is 11.5 Å². The van der Waals surface area contributed by atoms with E-state index < -0.39 is 11.8 Å². The molecule has 5 nitrogen and oxygen atoms in total. The minimum Gasteiger partial charge on any atom is -0.392 e. The van der Waals surface area contributed by atoms with Crippen LogP contribution in [0.4, 0.5) is 5.69 Å². The summed E-state index contributed by atoms with van der Waals surface area (Å²) in [4.78, 5) is 23.1. The SMILES string of the molecule is CC(C)c1ccc(NC(=O)C(=O)NCC(N)=S)cc1. The summed E-state index contributed by atoms with van der Waals surface area (Å²) < 4.78 is 0. The third kappa shape index (κ3) is 5.05. The second-order valence-corrected chi connectivity index (χ2v) is 4.90. The lowest BCUT2D eigenvalue weighted by molar-refractivity contribution is -0.135. The van der Waals surface area contributed by atoms with E-state index in [2.05, 4.69) is 36.7 Å². The van der Waals surface area contributed by atoms with Crippen molar-refractivity contribution < 1.29 is 9.59 Å². The Balaban J connectivity index is 2.56. The summed E-state index contributed by atoms with van der Waals surface area (Å²) in [5.74, 6) is -1.09. The molecular weight excluding hydrogens is 262 g/mol. The van der Waals surface area contributed by atoms with Crippen LogP contribution in [0.3, 0.4) is 0 Å². The van der Waals surface area contributed by atoms with E-state index in [0.29, 0.717) is 11.6 Å². The lowest BCUT2D eigenvalue weighted by Crippen LogP contribution is -2.39. The summed E-state index contributed by atoms with van der Waals surface area (Å²) in [5, 5.41) is 4.81. The van der Waals surface area contributed by atoms with Crippen molar-refractivity contribution in [3.05, 3.63) is 29.8 Å². The zero-order chi connectivity index (χ0) is 14.4. The molecule has 2 amide bonds. The number of amides is 2. The van der Waals surface area contributed by atoms with Gasteiger partial charge in [0.05, 0.1) is 11.5 Å². The van der Waals surface area contributed by atoms with E-state index in [1.165, 1.54) is 0 Å². The van der Waals surface area contributed by atoms with E-state index in [1.807, 2.05) is 12.1 Å². The largest absolute Gasteiger partial charge is 0.392 e. The highest BCUT2D eigenvalue weighted by molar-refractivity contribution is 7.80. The van der Waals surface area contributed by atoms with Crippen molar-refractivity contribution in [2.75, 3.05) is 11.9 Å². The van der Waals surface area contributed by atoms with Gasteiger partial charge in [0, 0.05) is 5.69 Å². The van der Waals surface area contributed by atoms with E-state index in [4.69, 9.17) is 5.73 Å². The standard InChI is InChI=1S/C13H17N3O2S/c1-8(2)9-3-5-10(6-4-9)16-13(18)12(17)15-7-11(14)19/h3-6,8H,7H2,1-2H3,(H2,14,19)(H,15,17)(H,16,18). The minimum atomic E-state index is -0.763. The van der Waals surface area contributed by atoms with Gasteiger partial charge in [-0.25, -0.2) is 0 Å². The Hall–Kier alpha value is -1.95. The van der Waals surface area contributed by atoms with Crippen LogP contribution in [0.25, 0.3) is 0 Å². The van der Waals surface area contributed by atoms with Crippen LogP contribution in [0, 0.1) is 0 Å². The van der Waals surface area contributed by atoms with Crippen molar-refractivity contribution in [2.24, 2.45) is 5.73 Å². The maximum absolute atomic E-state index is 11.5. The maximum atomic E-state index is 11.5. The van der Waals surface area contributed by atoms with E-state index >= 15 is 0 Å². The second kappa shape index (κ2) is 6.84. The first-order valence-electron chi connectivity index (χ1n) is 5.87. The van der Waals surface area contributed by atoms with Crippen molar-refractivity contribution in [3.63, 3.8) is 0 Å². The first-order valence-corrected chi connectivity index (χ1v) is 6.28. The van der Waals surface area contributed by atoms with Gasteiger partial charge in [-0.2, -0.15) is 0 Å². The third-order valence-corrected chi connectivity index (χ3v) is 2.61. The number of carbonyl (C=O) groups is 2. The van der Waals surface area contributed by atoms with Crippen LogP contribution in [0.5, 0.6) is 0 Å². The molecule has 0 spiro atoms. The zero-order valence-electron chi connectivity index (χ0n) is 10.9. The molecule has 0 saturated carbocycles. The molecule has 0 atom stereocenters. The van der Waals surface area contributed by atoms with E-state index in [9.17, 15) is 9.59 Å². The number of hydrogen-bond donors (Lipinski definition) is 3. The Morgan fingerprint density at radius 2 is 1.79 bits per heavy atom. The quantitative estimate of drug-likeness (QED) is 0.570. The molecule has 0 fully saturated rings. The molecule has 0 saturated heterocycles. The van der Waals surface area contributed by atoms with Crippen molar-refractivity contribution in [3.8, 4) is 0 Å². The number of rotatable bonds is 4. The first kappa shape index (κ1) is 15.1. The number of anilines is 1. The van der Waals surface area contributed by atoms with E-state index in [1.54, 1.807) is 12.1 Å². The maximum Gasteiger partial charge on any atom is 0.313 e. The van der Waals surface area contributed by atoms with Crippen molar-refractivity contribution in [2.45, 2.75) is 19.8 Å². The van der Waals surface area contributed by atoms with Crippen molar-refractivity contribution >= 4 is 34.7 Å². The molecule has 0 aliphatic rings. The number of benzene rings is 1. The van der Waals surface area contributed by atoms with Crippen LogP contribution in [0.15, 0.2) is 24.3 Å². The monoisotopic (exact) mass is 279 g/mol. The first-order chi connectivity index (χ1) is 8.90. The molecular formula is C13H17N3O2S. The highest BCUT2D eigenvalue weighted by atomic mass is 32.1. The van der Waals surface area contributed by atoms with Gasteiger partial charge in [-0.3, -0.25) is 9.59 Å². The normalized spacial score (nSPS) is 10.1. The average Bonchev–Trinajstić information content (AvgIpc) is 2.36. The van der Waals surface area contributed by atoms with Crippen LogP contribution in [-0.4, -0.2) is 23.3 Å². The topological polar surface area (TPSA) is 84.2 Å². The summed E-state index contributed by atoms with van der Waals surface area (Å²) in [5.41, 5.74) is 6.96. The molecule has 0 aliphatic carbocycles. The van der Waals surface area contributed by atoms with E-state index in [0.717, 1.165) is 5.56 Å². The number of carbonyl (C=O) groups excluding carboxylic acids is 2. The van der Waals surface area contributed by atoms with Gasteiger partial charge in [-0.1, -0.05) is 38.2 Å². The molecule has 1 aromatic rings. The Labute approximate surface area is 117 Å². The fourth-order valence-electron chi connectivity index (χ4n) is 1.39. The Kier molecular flexibility index (Phi) is 5.44. The van der Waals surface area contributed by atoms with Crippen molar-refractivity contribution in [1.29, 1.82) is 0 Å². The summed E-state index contributed by atoms with van der Waals surface area (Å²) in [6.45, 7) is 4.17. The van der Waals surface area contributed by atoms with Gasteiger partial charge in [-0.05, 0) is 23.6 Å². The highest BCUT2D eigenvalue weighted by Crippen LogP contribution is 2.16. The Morgan fingerprint density at radius 1 is 1.21 bits per heavy atom. The van der Waals surface area contributed by atoms with Crippen LogP contribution in [0.2, 0.25) is 0 Å². The molecule has 0 aromatic heterocycles. The summed E-state index contributed by atoms with van der Waals surface area (Å²) in [6, 6.07) is 7.34. The summed E-state index contributed by atoms with van der Waals surface area (Å²) in [6.07, 6.45) is 0. The molecule has 1 aromatic carbocycles. The van der Waals surface area contributed by atoms with Crippen LogP contribution >= 0.6 is 12.2 Å². The molecule has 0 bridgehead atoms. The molecule has 6 heteroatoms. The Morgan fingerprint density at radius 3 is 2.26 bits per heavy atom. The second-order valence-electron chi connectivity index (χ2n) is 4.38. The average molecular weight is 279 g/mol. The number of thiocarbonyl (C=S) groups is 1. The van der Waals surface area contributed by atoms with Crippen LogP contribution in [-0.2, 0) is 9.59 Å². The fourth-order valence-corrected chi connectivity index (χ4v) is 1.46. The predicted molar refractivity (Wildman–Crippen MR) is 79.0 cm³/mol. The predicted octanol–water partition coefficient (Wildman–Crippen LogP) is 1.15. The molecule has 0 unspecified atom stereocenters. The van der Waals surface area contributed by atoms with Gasteiger partial charge >= 0.3 is 11.8 Å². The highest BCUT2D eigenvalue weighted by Gasteiger charge is 2.13. The van der Waals surface area contributed by atoms with Gasteiger partial charge < -0.3 is 16.4 Å². The smallest absolute Gasteiger partial charge is 0.313 e. The molecule has 0 aliphatic heterocycles. The Bertz CT molecular complexity index is 483. The molecule has 0 heterocycles. The minimum absolute atomic E-state index is 0.00781. The third-order valence-electron chi connectivity index (χ3n) is 2.46. The number of hydrogen-bond acceptors (Lipinski definition) is 3. The molecule has 102 valence electrons. The zero-order valence-corrected chi connectivity index (χ0v) is 11.7. The number of nitrogens with two attached hydrogens (primary N) is 1. The lowest BCUT2D eigenvalue weighted by Gasteiger charge is -2.08. The van der Waals surface area contributed by atoms with Crippen LogP contribution < -0.4 is 16.4 Å². The fraction of sp³-hybridized carbons (Fsp3) is 0.308. The van der Waals surface area contributed by atoms with Gasteiger partial charge in [0.25, 0.3) is 0 Å². The van der Waals surface area contributed by atoms with Crippen LogP contribution in [0.1, 0.15) is 25.3 Å². The van der Waals surface area contributed by atoms with Gasteiger partial charge in [0.2, 0.25) is 0 Å². The van der Waals surface area contributed by atoms with Crippen molar-refractivity contribution in [1.82, 2.24) is 5.32 Å². The molecule has 1 rings (SSSR count). The number of nitrogens with one attached hydrogen (secondary N) is 2. The lowest BCUT2D eigenvalue weighted by atomic mass is 10.0. The van der Waals surface area contributed by atoms with Gasteiger partial charge in [-0.15, -0.1) is 0 Å². The molecule has 4 N–H and O–H groups in total. The summed E-state index contributed by atoms with van der Waals surface area (Å²) >= 11 is 4.60.